The molecule has 1 aromatic heterocycles. The number of hydrogen-bond donors (Lipinski definition) is 1. The van der Waals surface area contributed by atoms with Crippen molar-refractivity contribution in [2.45, 2.75) is 70.4 Å². The molecule has 2 heteroatoms. The van der Waals surface area contributed by atoms with Crippen molar-refractivity contribution in [3.63, 3.8) is 0 Å². The van der Waals surface area contributed by atoms with Crippen molar-refractivity contribution in [1.29, 1.82) is 0 Å². The Balaban J connectivity index is 1.65. The van der Waals surface area contributed by atoms with Gasteiger partial charge in [0.15, 0.2) is 0 Å². The lowest BCUT2D eigenvalue weighted by molar-refractivity contribution is 0.0162. The molecule has 0 amide bonds. The van der Waals surface area contributed by atoms with Gasteiger partial charge in [0.05, 0.1) is 0 Å². The van der Waals surface area contributed by atoms with Crippen LogP contribution in [0.2, 0.25) is 0 Å². The van der Waals surface area contributed by atoms with E-state index in [0.717, 1.165) is 6.04 Å². The Morgan fingerprint density at radius 3 is 2.72 bits per heavy atom. The van der Waals surface area contributed by atoms with E-state index in [-0.39, 0.29) is 0 Å². The Morgan fingerprint density at radius 2 is 2.17 bits per heavy atom. The van der Waals surface area contributed by atoms with Gasteiger partial charge in [0, 0.05) is 17.0 Å². The molecule has 2 saturated carbocycles. The van der Waals surface area contributed by atoms with Gasteiger partial charge in [0.2, 0.25) is 0 Å². The van der Waals surface area contributed by atoms with Crippen LogP contribution in [0.5, 0.6) is 0 Å². The monoisotopic (exact) mass is 263 g/mol. The average Bonchev–Trinajstić information content (AvgIpc) is 2.93. The highest BCUT2D eigenvalue weighted by atomic mass is 32.1. The second-order valence-corrected chi connectivity index (χ2v) is 7.14. The maximum Gasteiger partial charge on any atom is 0.0414 e. The zero-order chi connectivity index (χ0) is 12.4. The van der Waals surface area contributed by atoms with Crippen LogP contribution in [0.4, 0.5) is 0 Å². The molecule has 3 rings (SSSR count). The van der Waals surface area contributed by atoms with Gasteiger partial charge in [0.1, 0.15) is 0 Å². The van der Waals surface area contributed by atoms with Gasteiger partial charge in [0.25, 0.3) is 0 Å². The molecule has 100 valence electrons. The van der Waals surface area contributed by atoms with Crippen LogP contribution in [-0.2, 0) is 0 Å². The molecule has 2 aliphatic rings. The minimum atomic E-state index is 0.592. The standard InChI is InChI=1S/C16H25NS/c1-2-13(14-7-6-12-18-14)17-15-8-11-16(15)9-4-3-5-10-16/h6-7,12-13,15,17H,2-5,8-11H2,1H3. The van der Waals surface area contributed by atoms with Gasteiger partial charge in [-0.3, -0.25) is 0 Å². The summed E-state index contributed by atoms with van der Waals surface area (Å²) in [5.74, 6) is 0. The Labute approximate surface area is 115 Å². The third kappa shape index (κ3) is 2.25. The molecule has 1 heterocycles. The highest BCUT2D eigenvalue weighted by Gasteiger charge is 2.47. The molecule has 1 aromatic rings. The summed E-state index contributed by atoms with van der Waals surface area (Å²) in [7, 11) is 0. The predicted molar refractivity (Wildman–Crippen MR) is 79.0 cm³/mol. The lowest BCUT2D eigenvalue weighted by Gasteiger charge is -2.53. The van der Waals surface area contributed by atoms with Crippen molar-refractivity contribution in [3.8, 4) is 0 Å². The average molecular weight is 263 g/mol. The van der Waals surface area contributed by atoms with E-state index < -0.39 is 0 Å². The van der Waals surface area contributed by atoms with Gasteiger partial charge < -0.3 is 5.32 Å². The highest BCUT2D eigenvalue weighted by Crippen LogP contribution is 2.52. The zero-order valence-corrected chi connectivity index (χ0v) is 12.3. The first-order valence-electron chi connectivity index (χ1n) is 7.63. The molecule has 2 unspecified atom stereocenters. The summed E-state index contributed by atoms with van der Waals surface area (Å²) in [6.07, 6.45) is 11.5. The van der Waals surface area contributed by atoms with Crippen molar-refractivity contribution >= 4 is 11.3 Å². The van der Waals surface area contributed by atoms with Crippen molar-refractivity contribution < 1.29 is 0 Å². The topological polar surface area (TPSA) is 12.0 Å². The van der Waals surface area contributed by atoms with Crippen LogP contribution < -0.4 is 5.32 Å². The lowest BCUT2D eigenvalue weighted by atomic mass is 9.57. The number of hydrogen-bond acceptors (Lipinski definition) is 2. The van der Waals surface area contributed by atoms with Gasteiger partial charge in [-0.2, -0.15) is 0 Å². The lowest BCUT2D eigenvalue weighted by Crippen LogP contribution is -2.54. The van der Waals surface area contributed by atoms with Crippen molar-refractivity contribution in [2.75, 3.05) is 0 Å². The smallest absolute Gasteiger partial charge is 0.0414 e. The van der Waals surface area contributed by atoms with E-state index >= 15 is 0 Å². The Bertz CT molecular complexity index is 364. The number of thiophene rings is 1. The van der Waals surface area contributed by atoms with Crippen molar-refractivity contribution in [2.24, 2.45) is 5.41 Å². The van der Waals surface area contributed by atoms with Gasteiger partial charge in [-0.1, -0.05) is 32.3 Å². The minimum Gasteiger partial charge on any atom is -0.306 e. The molecule has 0 bridgehead atoms. The van der Waals surface area contributed by atoms with Crippen LogP contribution in [0, 0.1) is 5.41 Å². The fourth-order valence-electron chi connectivity index (χ4n) is 3.94. The van der Waals surface area contributed by atoms with Crippen LogP contribution in [0.1, 0.15) is 69.2 Å². The third-order valence-electron chi connectivity index (χ3n) is 5.22. The number of nitrogens with one attached hydrogen (secondary N) is 1. The Morgan fingerprint density at radius 1 is 1.33 bits per heavy atom. The summed E-state index contributed by atoms with van der Waals surface area (Å²) in [4.78, 5) is 1.52. The molecule has 2 fully saturated rings. The molecule has 18 heavy (non-hydrogen) atoms. The first-order chi connectivity index (χ1) is 8.84. The molecule has 1 spiro atoms. The Hall–Kier alpha value is -0.340. The molecule has 0 aliphatic heterocycles. The van der Waals surface area contributed by atoms with Crippen LogP contribution >= 0.6 is 11.3 Å². The molecular weight excluding hydrogens is 238 g/mol. The van der Waals surface area contributed by atoms with Gasteiger partial charge in [-0.15, -0.1) is 11.3 Å². The van der Waals surface area contributed by atoms with Gasteiger partial charge >= 0.3 is 0 Å². The fourth-order valence-corrected chi connectivity index (χ4v) is 4.82. The first-order valence-corrected chi connectivity index (χ1v) is 8.51. The summed E-state index contributed by atoms with van der Waals surface area (Å²) in [6, 6.07) is 5.86. The van der Waals surface area contributed by atoms with E-state index in [9.17, 15) is 0 Å². The first kappa shape index (κ1) is 12.7. The normalized spacial score (nSPS) is 27.9. The van der Waals surface area contributed by atoms with E-state index in [1.54, 1.807) is 0 Å². The largest absolute Gasteiger partial charge is 0.306 e. The summed E-state index contributed by atoms with van der Waals surface area (Å²) < 4.78 is 0. The summed E-state index contributed by atoms with van der Waals surface area (Å²) in [6.45, 7) is 2.31. The molecular formula is C16H25NS. The second-order valence-electron chi connectivity index (χ2n) is 6.16. The third-order valence-corrected chi connectivity index (χ3v) is 6.20. The molecule has 1 N–H and O–H groups in total. The SMILES string of the molecule is CCC(NC1CCC12CCCCC2)c1cccs1. The van der Waals surface area contributed by atoms with E-state index in [4.69, 9.17) is 0 Å². The quantitative estimate of drug-likeness (QED) is 0.814. The molecule has 0 aromatic carbocycles. The van der Waals surface area contributed by atoms with Gasteiger partial charge in [-0.05, 0) is 49.0 Å². The van der Waals surface area contributed by atoms with E-state index in [0.29, 0.717) is 11.5 Å². The molecule has 2 aliphatic carbocycles. The second kappa shape index (κ2) is 5.34. The summed E-state index contributed by atoms with van der Waals surface area (Å²) >= 11 is 1.90. The zero-order valence-electron chi connectivity index (χ0n) is 11.5. The van der Waals surface area contributed by atoms with Crippen molar-refractivity contribution in [1.82, 2.24) is 5.32 Å². The summed E-state index contributed by atoms with van der Waals surface area (Å²) in [5.41, 5.74) is 0.683. The van der Waals surface area contributed by atoms with Gasteiger partial charge in [-0.25, -0.2) is 0 Å². The molecule has 0 radical (unpaired) electrons. The molecule has 1 nitrogen and oxygen atoms in total. The van der Waals surface area contributed by atoms with E-state index in [2.05, 4.69) is 29.8 Å². The maximum absolute atomic E-state index is 3.98. The van der Waals surface area contributed by atoms with Crippen LogP contribution in [0.25, 0.3) is 0 Å². The van der Waals surface area contributed by atoms with E-state index in [1.807, 2.05) is 11.3 Å². The maximum atomic E-state index is 3.98. The van der Waals surface area contributed by atoms with Crippen LogP contribution in [-0.4, -0.2) is 6.04 Å². The molecule has 2 atom stereocenters. The van der Waals surface area contributed by atoms with Crippen molar-refractivity contribution in [3.05, 3.63) is 22.4 Å². The van der Waals surface area contributed by atoms with Crippen LogP contribution in [0.15, 0.2) is 17.5 Å². The predicted octanol–water partition coefficient (Wildman–Crippen LogP) is 4.90. The number of rotatable bonds is 4. The van der Waals surface area contributed by atoms with Crippen LogP contribution in [0.3, 0.4) is 0 Å². The fraction of sp³-hybridized carbons (Fsp3) is 0.750. The summed E-state index contributed by atoms with van der Waals surface area (Å²) in [5, 5.41) is 6.18. The van der Waals surface area contributed by atoms with E-state index in [1.165, 1.54) is 56.2 Å². The minimum absolute atomic E-state index is 0.592. The highest BCUT2D eigenvalue weighted by molar-refractivity contribution is 7.10. The molecule has 0 saturated heterocycles. The Kier molecular flexibility index (Phi) is 3.76.